The fourth-order valence-corrected chi connectivity index (χ4v) is 3.53. The van der Waals surface area contributed by atoms with Crippen LogP contribution >= 0.6 is 23.4 Å². The lowest BCUT2D eigenvalue weighted by atomic mass is 10.2. The SMILES string of the molecule is CSC1(c2nc3cc(C(F)(F)F)ncc3n2C)C=C(Cl)C=CN1. The van der Waals surface area contributed by atoms with E-state index in [1.807, 2.05) is 6.26 Å². The van der Waals surface area contributed by atoms with Crippen LogP contribution in [0.25, 0.3) is 11.0 Å². The summed E-state index contributed by atoms with van der Waals surface area (Å²) in [7, 11) is 1.74. The van der Waals surface area contributed by atoms with Crippen molar-refractivity contribution in [2.45, 2.75) is 11.0 Å². The lowest BCUT2D eigenvalue weighted by Gasteiger charge is -2.31. The number of hydrogen-bond acceptors (Lipinski definition) is 4. The molecule has 23 heavy (non-hydrogen) atoms. The van der Waals surface area contributed by atoms with E-state index in [9.17, 15) is 13.2 Å². The lowest BCUT2D eigenvalue weighted by Crippen LogP contribution is -2.38. The van der Waals surface area contributed by atoms with Crippen molar-refractivity contribution in [2.24, 2.45) is 7.05 Å². The molecule has 1 atom stereocenters. The molecule has 3 rings (SSSR count). The number of aromatic nitrogens is 3. The molecule has 0 spiro atoms. The highest BCUT2D eigenvalue weighted by Crippen LogP contribution is 2.38. The fraction of sp³-hybridized carbons (Fsp3) is 0.286. The molecule has 0 radical (unpaired) electrons. The summed E-state index contributed by atoms with van der Waals surface area (Å²) in [5.41, 5.74) is -0.209. The summed E-state index contributed by atoms with van der Waals surface area (Å²) in [6.07, 6.45) is 3.72. The average molecular weight is 361 g/mol. The standard InChI is InChI=1S/C14H12ClF3N4S/c1-22-10-7-19-11(14(16,17)18)5-9(10)21-12(22)13(23-2)6-8(15)3-4-20-13/h3-7,20H,1-2H3. The van der Waals surface area contributed by atoms with E-state index in [2.05, 4.69) is 15.3 Å². The molecule has 1 aliphatic rings. The number of dihydropyridines is 1. The van der Waals surface area contributed by atoms with Crippen LogP contribution in [0.1, 0.15) is 11.5 Å². The number of nitrogens with zero attached hydrogens (tertiary/aromatic N) is 3. The fourth-order valence-electron chi connectivity index (χ4n) is 2.44. The molecule has 2 aromatic rings. The third kappa shape index (κ3) is 2.70. The van der Waals surface area contributed by atoms with Crippen LogP contribution in [-0.4, -0.2) is 20.8 Å². The number of pyridine rings is 1. The number of imidazole rings is 1. The van der Waals surface area contributed by atoms with Crippen molar-refractivity contribution in [3.8, 4) is 0 Å². The van der Waals surface area contributed by atoms with Gasteiger partial charge in [-0.25, -0.2) is 9.97 Å². The second-order valence-electron chi connectivity index (χ2n) is 5.00. The number of hydrogen-bond donors (Lipinski definition) is 1. The Hall–Kier alpha value is -1.67. The normalized spacial score (nSPS) is 21.4. The van der Waals surface area contributed by atoms with Gasteiger partial charge in [-0.1, -0.05) is 11.6 Å². The number of nitrogens with one attached hydrogen (secondary N) is 1. The Morgan fingerprint density at radius 1 is 1.39 bits per heavy atom. The summed E-state index contributed by atoms with van der Waals surface area (Å²) >= 11 is 7.53. The molecular weight excluding hydrogens is 349 g/mol. The average Bonchev–Trinajstić information content (AvgIpc) is 2.83. The van der Waals surface area contributed by atoms with Crippen molar-refractivity contribution in [2.75, 3.05) is 6.26 Å². The van der Waals surface area contributed by atoms with Crippen molar-refractivity contribution in [3.05, 3.63) is 47.2 Å². The smallest absolute Gasteiger partial charge is 0.367 e. The van der Waals surface area contributed by atoms with Gasteiger partial charge in [-0.05, 0) is 30.7 Å². The van der Waals surface area contributed by atoms with Gasteiger partial charge in [-0.15, -0.1) is 11.8 Å². The van der Waals surface area contributed by atoms with E-state index in [0.717, 1.165) is 6.07 Å². The number of thioether (sulfide) groups is 1. The summed E-state index contributed by atoms with van der Waals surface area (Å²) in [4.78, 5) is 7.13. The zero-order chi connectivity index (χ0) is 16.8. The number of allylic oxidation sites excluding steroid dienone is 2. The molecule has 1 aliphatic heterocycles. The predicted octanol–water partition coefficient (Wildman–Crippen LogP) is 3.74. The topological polar surface area (TPSA) is 42.7 Å². The molecule has 0 amide bonds. The molecule has 0 saturated carbocycles. The summed E-state index contributed by atoms with van der Waals surface area (Å²) in [5.74, 6) is 0.545. The summed E-state index contributed by atoms with van der Waals surface area (Å²) in [6.45, 7) is 0. The van der Waals surface area contributed by atoms with Gasteiger partial charge in [0.05, 0.1) is 17.2 Å². The summed E-state index contributed by atoms with van der Waals surface area (Å²) in [5, 5.41) is 3.70. The first kappa shape index (κ1) is 16.2. The Balaban J connectivity index is 2.19. The van der Waals surface area contributed by atoms with E-state index in [0.29, 0.717) is 16.4 Å². The van der Waals surface area contributed by atoms with Gasteiger partial charge in [0.1, 0.15) is 11.5 Å². The number of aryl methyl sites for hydroxylation is 1. The first-order chi connectivity index (χ1) is 10.8. The molecule has 4 nitrogen and oxygen atoms in total. The number of rotatable bonds is 2. The maximum Gasteiger partial charge on any atom is 0.433 e. The monoisotopic (exact) mass is 360 g/mol. The molecule has 1 unspecified atom stereocenters. The third-order valence-corrected chi connectivity index (χ3v) is 4.89. The first-order valence-electron chi connectivity index (χ1n) is 6.55. The summed E-state index contributed by atoms with van der Waals surface area (Å²) < 4.78 is 40.2. The Labute approximate surface area is 139 Å². The molecule has 0 aromatic carbocycles. The molecule has 0 bridgehead atoms. The highest BCUT2D eigenvalue weighted by molar-refractivity contribution is 7.99. The zero-order valence-electron chi connectivity index (χ0n) is 12.1. The van der Waals surface area contributed by atoms with Crippen LogP contribution < -0.4 is 5.32 Å². The van der Waals surface area contributed by atoms with Gasteiger partial charge >= 0.3 is 6.18 Å². The predicted molar refractivity (Wildman–Crippen MR) is 84.9 cm³/mol. The molecule has 0 saturated heterocycles. The van der Waals surface area contributed by atoms with E-state index in [4.69, 9.17) is 11.6 Å². The quantitative estimate of drug-likeness (QED) is 0.886. The minimum atomic E-state index is -4.50. The molecule has 0 fully saturated rings. The van der Waals surface area contributed by atoms with E-state index >= 15 is 0 Å². The lowest BCUT2D eigenvalue weighted by molar-refractivity contribution is -0.141. The van der Waals surface area contributed by atoms with Crippen molar-refractivity contribution in [1.82, 2.24) is 19.9 Å². The van der Waals surface area contributed by atoms with Crippen molar-refractivity contribution < 1.29 is 13.2 Å². The van der Waals surface area contributed by atoms with E-state index in [1.54, 1.807) is 30.0 Å². The van der Waals surface area contributed by atoms with Crippen molar-refractivity contribution in [3.63, 3.8) is 0 Å². The van der Waals surface area contributed by atoms with Crippen LogP contribution in [0.5, 0.6) is 0 Å². The first-order valence-corrected chi connectivity index (χ1v) is 8.15. The minimum Gasteiger partial charge on any atom is -0.367 e. The van der Waals surface area contributed by atoms with Crippen LogP contribution in [0.15, 0.2) is 35.6 Å². The van der Waals surface area contributed by atoms with Gasteiger partial charge < -0.3 is 9.88 Å². The van der Waals surface area contributed by atoms with E-state index < -0.39 is 16.7 Å². The van der Waals surface area contributed by atoms with Gasteiger partial charge in [0.2, 0.25) is 0 Å². The zero-order valence-corrected chi connectivity index (χ0v) is 13.7. The van der Waals surface area contributed by atoms with Crippen molar-refractivity contribution in [1.29, 1.82) is 0 Å². The van der Waals surface area contributed by atoms with Crippen LogP contribution in [0.3, 0.4) is 0 Å². The van der Waals surface area contributed by atoms with Crippen LogP contribution in [0.4, 0.5) is 13.2 Å². The Bertz CT molecular complexity index is 827. The number of fused-ring (bicyclic) bond motifs is 1. The molecule has 9 heteroatoms. The van der Waals surface area contributed by atoms with Gasteiger partial charge in [0.15, 0.2) is 4.87 Å². The summed E-state index contributed by atoms with van der Waals surface area (Å²) in [6, 6.07) is 0.955. The maximum atomic E-state index is 12.8. The Morgan fingerprint density at radius 2 is 2.13 bits per heavy atom. The van der Waals surface area contributed by atoms with Crippen molar-refractivity contribution >= 4 is 34.4 Å². The van der Waals surface area contributed by atoms with Crippen LogP contribution in [-0.2, 0) is 18.1 Å². The van der Waals surface area contributed by atoms with E-state index in [-0.39, 0.29) is 5.52 Å². The van der Waals surface area contributed by atoms with Crippen LogP contribution in [0.2, 0.25) is 0 Å². The van der Waals surface area contributed by atoms with Gasteiger partial charge in [-0.2, -0.15) is 13.2 Å². The highest BCUT2D eigenvalue weighted by Gasteiger charge is 2.36. The van der Waals surface area contributed by atoms with Crippen LogP contribution in [0, 0.1) is 0 Å². The Kier molecular flexibility index (Phi) is 3.84. The second kappa shape index (κ2) is 5.45. The second-order valence-corrected chi connectivity index (χ2v) is 6.49. The molecular formula is C14H12ClF3N4S. The van der Waals surface area contributed by atoms with Gasteiger partial charge in [0.25, 0.3) is 0 Å². The van der Waals surface area contributed by atoms with E-state index in [1.165, 1.54) is 18.0 Å². The largest absolute Gasteiger partial charge is 0.433 e. The third-order valence-electron chi connectivity index (χ3n) is 3.59. The minimum absolute atomic E-state index is 0.235. The molecule has 3 heterocycles. The number of alkyl halides is 3. The maximum absolute atomic E-state index is 12.8. The molecule has 2 aromatic heterocycles. The van der Waals surface area contributed by atoms with Gasteiger partial charge in [-0.3, -0.25) is 0 Å². The highest BCUT2D eigenvalue weighted by atomic mass is 35.5. The molecule has 122 valence electrons. The molecule has 1 N–H and O–H groups in total. The Morgan fingerprint density at radius 3 is 2.74 bits per heavy atom. The van der Waals surface area contributed by atoms with Gasteiger partial charge in [0, 0.05) is 12.1 Å². The number of halogens is 4. The molecule has 0 aliphatic carbocycles.